The van der Waals surface area contributed by atoms with Crippen molar-refractivity contribution in [3.63, 3.8) is 0 Å². The number of amides is 3. The van der Waals surface area contributed by atoms with Crippen molar-refractivity contribution in [3.05, 3.63) is 74.3 Å². The van der Waals surface area contributed by atoms with Gasteiger partial charge in [-0.1, -0.05) is 35.9 Å². The van der Waals surface area contributed by atoms with Gasteiger partial charge in [0.05, 0.1) is 10.5 Å². The van der Waals surface area contributed by atoms with Gasteiger partial charge in [0.1, 0.15) is 12.1 Å². The highest BCUT2D eigenvalue weighted by atomic mass is 35.5. The number of carbonyl (C=O) groups is 3. The first-order chi connectivity index (χ1) is 12.4. The number of halogens is 1. The van der Waals surface area contributed by atoms with Crippen molar-refractivity contribution in [1.82, 2.24) is 10.2 Å². The molecular weight excluding hydrogens is 362 g/mol. The second-order valence-corrected chi connectivity index (χ2v) is 5.93. The first-order valence-corrected chi connectivity index (χ1v) is 7.91. The van der Waals surface area contributed by atoms with Crippen LogP contribution in [0.15, 0.2) is 42.5 Å². The van der Waals surface area contributed by atoms with Crippen LogP contribution in [0.25, 0.3) is 0 Å². The first-order valence-electron chi connectivity index (χ1n) is 7.54. The Labute approximate surface area is 152 Å². The fourth-order valence-electron chi connectivity index (χ4n) is 2.65. The molecule has 0 spiro atoms. The SMILES string of the molecule is O=C(CN1C(=O)c2cccc([N+](=O)[O-])c2C1=O)NCc1ccccc1Cl. The molecule has 2 aromatic rings. The molecule has 0 saturated heterocycles. The van der Waals surface area contributed by atoms with Gasteiger partial charge in [-0.25, -0.2) is 0 Å². The Morgan fingerprint density at radius 2 is 1.85 bits per heavy atom. The van der Waals surface area contributed by atoms with Crippen LogP contribution in [0.3, 0.4) is 0 Å². The highest BCUT2D eigenvalue weighted by molar-refractivity contribution is 6.31. The van der Waals surface area contributed by atoms with Crippen LogP contribution >= 0.6 is 11.6 Å². The van der Waals surface area contributed by atoms with Crippen LogP contribution in [0.5, 0.6) is 0 Å². The van der Waals surface area contributed by atoms with Gasteiger partial charge in [0.15, 0.2) is 0 Å². The summed E-state index contributed by atoms with van der Waals surface area (Å²) in [5.41, 5.74) is -0.148. The van der Waals surface area contributed by atoms with E-state index in [2.05, 4.69) is 5.32 Å². The van der Waals surface area contributed by atoms with Gasteiger partial charge in [-0.3, -0.25) is 29.4 Å². The summed E-state index contributed by atoms with van der Waals surface area (Å²) >= 11 is 6.00. The van der Waals surface area contributed by atoms with E-state index in [1.54, 1.807) is 24.3 Å². The normalized spacial score (nSPS) is 12.9. The van der Waals surface area contributed by atoms with E-state index in [0.717, 1.165) is 6.07 Å². The number of nitrogens with one attached hydrogen (secondary N) is 1. The Morgan fingerprint density at radius 3 is 2.54 bits per heavy atom. The quantitative estimate of drug-likeness (QED) is 0.490. The van der Waals surface area contributed by atoms with Crippen LogP contribution in [0.1, 0.15) is 26.3 Å². The van der Waals surface area contributed by atoms with Crippen molar-refractivity contribution in [2.24, 2.45) is 0 Å². The zero-order valence-corrected chi connectivity index (χ0v) is 14.0. The van der Waals surface area contributed by atoms with E-state index >= 15 is 0 Å². The molecule has 0 bridgehead atoms. The highest BCUT2D eigenvalue weighted by Crippen LogP contribution is 2.30. The number of nitro groups is 1. The van der Waals surface area contributed by atoms with E-state index in [4.69, 9.17) is 11.6 Å². The van der Waals surface area contributed by atoms with Crippen LogP contribution < -0.4 is 5.32 Å². The molecule has 3 rings (SSSR count). The fraction of sp³-hybridized carbons (Fsp3) is 0.118. The standard InChI is InChI=1S/C17H12ClN3O5/c18-12-6-2-1-4-10(12)8-19-14(22)9-20-16(23)11-5-3-7-13(21(25)26)15(11)17(20)24/h1-7H,8-9H2,(H,19,22). The predicted octanol–water partition coefficient (Wildman–Crippen LogP) is 2.16. The van der Waals surface area contributed by atoms with Crippen LogP contribution in [0, 0.1) is 10.1 Å². The monoisotopic (exact) mass is 373 g/mol. The zero-order chi connectivity index (χ0) is 18.8. The third-order valence-corrected chi connectivity index (χ3v) is 4.28. The van der Waals surface area contributed by atoms with Crippen molar-refractivity contribution in [1.29, 1.82) is 0 Å². The molecule has 2 aromatic carbocycles. The maximum absolute atomic E-state index is 12.4. The number of imide groups is 1. The molecule has 0 atom stereocenters. The molecule has 1 aliphatic rings. The predicted molar refractivity (Wildman–Crippen MR) is 91.8 cm³/mol. The lowest BCUT2D eigenvalue weighted by Crippen LogP contribution is -2.40. The van der Waals surface area contributed by atoms with Gasteiger partial charge in [0.2, 0.25) is 5.91 Å². The molecule has 0 unspecified atom stereocenters. The van der Waals surface area contributed by atoms with E-state index in [1.807, 2.05) is 0 Å². The summed E-state index contributed by atoms with van der Waals surface area (Å²) in [6.07, 6.45) is 0. The maximum Gasteiger partial charge on any atom is 0.282 e. The van der Waals surface area contributed by atoms with Crippen LogP contribution in [0.4, 0.5) is 5.69 Å². The lowest BCUT2D eigenvalue weighted by atomic mass is 10.1. The Hall–Kier alpha value is -3.26. The topological polar surface area (TPSA) is 110 Å². The second-order valence-electron chi connectivity index (χ2n) is 5.52. The number of nitro benzene ring substituents is 1. The summed E-state index contributed by atoms with van der Waals surface area (Å²) < 4.78 is 0. The molecule has 3 amide bonds. The Balaban J connectivity index is 1.73. The maximum atomic E-state index is 12.4. The van der Waals surface area contributed by atoms with Crippen LogP contribution in [-0.4, -0.2) is 34.1 Å². The number of carbonyl (C=O) groups excluding carboxylic acids is 3. The van der Waals surface area contributed by atoms with Gasteiger partial charge in [-0.05, 0) is 17.7 Å². The molecule has 0 aliphatic carbocycles. The fourth-order valence-corrected chi connectivity index (χ4v) is 2.85. The average molecular weight is 374 g/mol. The largest absolute Gasteiger partial charge is 0.350 e. The van der Waals surface area contributed by atoms with Gasteiger partial charge in [0, 0.05) is 17.6 Å². The van der Waals surface area contributed by atoms with Crippen molar-refractivity contribution >= 4 is 35.0 Å². The lowest BCUT2D eigenvalue weighted by molar-refractivity contribution is -0.385. The Kier molecular flexibility index (Phi) is 4.68. The molecule has 132 valence electrons. The molecule has 0 saturated carbocycles. The second kappa shape index (κ2) is 6.93. The number of rotatable bonds is 5. The van der Waals surface area contributed by atoms with Crippen LogP contribution in [-0.2, 0) is 11.3 Å². The molecule has 0 fully saturated rings. The van der Waals surface area contributed by atoms with Gasteiger partial charge in [0.25, 0.3) is 17.5 Å². The Morgan fingerprint density at radius 1 is 1.12 bits per heavy atom. The molecule has 1 heterocycles. The lowest BCUT2D eigenvalue weighted by Gasteiger charge is -2.13. The summed E-state index contributed by atoms with van der Waals surface area (Å²) in [6.45, 7) is -0.407. The third kappa shape index (κ3) is 3.14. The van der Waals surface area contributed by atoms with Crippen molar-refractivity contribution in [3.8, 4) is 0 Å². The molecule has 0 aromatic heterocycles. The summed E-state index contributed by atoms with van der Waals surface area (Å²) in [5, 5.41) is 14.1. The molecule has 1 N–H and O–H groups in total. The van der Waals surface area contributed by atoms with E-state index in [9.17, 15) is 24.5 Å². The highest BCUT2D eigenvalue weighted by Gasteiger charge is 2.41. The number of nitrogens with zero attached hydrogens (tertiary/aromatic N) is 2. The van der Waals surface area contributed by atoms with Gasteiger partial charge in [-0.15, -0.1) is 0 Å². The van der Waals surface area contributed by atoms with Gasteiger partial charge >= 0.3 is 0 Å². The zero-order valence-electron chi connectivity index (χ0n) is 13.3. The van der Waals surface area contributed by atoms with E-state index in [0.29, 0.717) is 15.5 Å². The average Bonchev–Trinajstić information content (AvgIpc) is 2.86. The van der Waals surface area contributed by atoms with Gasteiger partial charge in [-0.2, -0.15) is 0 Å². The Bertz CT molecular complexity index is 944. The molecule has 9 heteroatoms. The summed E-state index contributed by atoms with van der Waals surface area (Å²) in [7, 11) is 0. The van der Waals surface area contributed by atoms with Gasteiger partial charge < -0.3 is 5.32 Å². The number of hydrogen-bond acceptors (Lipinski definition) is 5. The van der Waals surface area contributed by atoms with E-state index in [-0.39, 0.29) is 17.7 Å². The molecule has 26 heavy (non-hydrogen) atoms. The summed E-state index contributed by atoms with van der Waals surface area (Å²) in [6, 6.07) is 10.7. The molecular formula is C17H12ClN3O5. The minimum Gasteiger partial charge on any atom is -0.350 e. The number of hydrogen-bond donors (Lipinski definition) is 1. The summed E-state index contributed by atoms with van der Waals surface area (Å²) in [5.74, 6) is -2.17. The number of benzene rings is 2. The van der Waals surface area contributed by atoms with E-state index in [1.165, 1.54) is 12.1 Å². The molecule has 0 radical (unpaired) electrons. The molecule has 8 nitrogen and oxygen atoms in total. The van der Waals surface area contributed by atoms with E-state index < -0.39 is 34.9 Å². The minimum atomic E-state index is -0.856. The minimum absolute atomic E-state index is 0.0805. The van der Waals surface area contributed by atoms with Crippen LogP contribution in [0.2, 0.25) is 5.02 Å². The van der Waals surface area contributed by atoms with Crippen molar-refractivity contribution in [2.45, 2.75) is 6.54 Å². The van der Waals surface area contributed by atoms with Crippen molar-refractivity contribution in [2.75, 3.05) is 6.54 Å². The smallest absolute Gasteiger partial charge is 0.282 e. The third-order valence-electron chi connectivity index (χ3n) is 3.91. The first kappa shape index (κ1) is 17.6. The van der Waals surface area contributed by atoms with Crippen molar-refractivity contribution < 1.29 is 19.3 Å². The summed E-state index contributed by atoms with van der Waals surface area (Å²) in [4.78, 5) is 47.9. The molecule has 1 aliphatic heterocycles. The number of fused-ring (bicyclic) bond motifs is 1.